The second kappa shape index (κ2) is 11.5. The van der Waals surface area contributed by atoms with Gasteiger partial charge in [0.05, 0.1) is 12.1 Å². The summed E-state index contributed by atoms with van der Waals surface area (Å²) in [6.07, 6.45) is 1.52. The number of amides is 2. The lowest BCUT2D eigenvalue weighted by atomic mass is 10.1. The lowest BCUT2D eigenvalue weighted by Crippen LogP contribution is -2.54. The van der Waals surface area contributed by atoms with E-state index >= 15 is 0 Å². The normalized spacial score (nSPS) is 23.4. The van der Waals surface area contributed by atoms with Crippen LogP contribution in [0.2, 0.25) is 0 Å². The molecule has 2 heterocycles. The van der Waals surface area contributed by atoms with Crippen LogP contribution >= 0.6 is 24.0 Å². The molecule has 31 heavy (non-hydrogen) atoms. The van der Waals surface area contributed by atoms with Gasteiger partial charge in [0.25, 0.3) is 0 Å². The minimum absolute atomic E-state index is 0. The van der Waals surface area contributed by atoms with Gasteiger partial charge in [0.15, 0.2) is 5.96 Å². The van der Waals surface area contributed by atoms with Crippen LogP contribution < -0.4 is 10.6 Å². The van der Waals surface area contributed by atoms with Crippen molar-refractivity contribution >= 4 is 41.9 Å². The van der Waals surface area contributed by atoms with Crippen molar-refractivity contribution in [3.8, 4) is 0 Å². The first-order chi connectivity index (χ1) is 13.9. The summed E-state index contributed by atoms with van der Waals surface area (Å²) in [6.45, 7) is 16.0. The van der Waals surface area contributed by atoms with E-state index in [2.05, 4.69) is 15.6 Å². The van der Waals surface area contributed by atoms with Gasteiger partial charge in [-0.05, 0) is 61.3 Å². The predicted octanol–water partition coefficient (Wildman–Crippen LogP) is 2.54. The molecule has 2 atom stereocenters. The molecule has 0 aliphatic carbocycles. The number of carbonyl (C=O) groups excluding carboxylic acids is 2. The van der Waals surface area contributed by atoms with E-state index in [0.29, 0.717) is 19.0 Å². The first kappa shape index (κ1) is 27.7. The molecule has 0 aromatic carbocycles. The molecule has 0 aromatic rings. The minimum atomic E-state index is -0.782. The fourth-order valence-electron chi connectivity index (χ4n) is 3.88. The van der Waals surface area contributed by atoms with E-state index in [9.17, 15) is 9.59 Å². The van der Waals surface area contributed by atoms with Gasteiger partial charge in [0.1, 0.15) is 17.9 Å². The number of aliphatic imine (C=N–C) groups is 1. The highest BCUT2D eigenvalue weighted by Gasteiger charge is 2.49. The Morgan fingerprint density at radius 1 is 1.19 bits per heavy atom. The molecular weight excluding hydrogens is 513 g/mol. The highest BCUT2D eigenvalue weighted by Crippen LogP contribution is 2.33. The molecule has 0 saturated carbocycles. The number of nitrogens with zero attached hydrogens (tertiary/aromatic N) is 3. The van der Waals surface area contributed by atoms with Crippen LogP contribution in [0.15, 0.2) is 4.99 Å². The van der Waals surface area contributed by atoms with Gasteiger partial charge in [-0.3, -0.25) is 9.69 Å². The van der Waals surface area contributed by atoms with E-state index in [0.717, 1.165) is 25.9 Å². The zero-order valence-corrected chi connectivity index (χ0v) is 22.3. The number of carbonyl (C=O) groups is 2. The van der Waals surface area contributed by atoms with E-state index < -0.39 is 17.4 Å². The van der Waals surface area contributed by atoms with Gasteiger partial charge in [-0.25, -0.2) is 9.79 Å². The Morgan fingerprint density at radius 3 is 2.35 bits per heavy atom. The van der Waals surface area contributed by atoms with E-state index in [4.69, 9.17) is 9.47 Å². The van der Waals surface area contributed by atoms with E-state index in [-0.39, 0.29) is 48.6 Å². The summed E-state index contributed by atoms with van der Waals surface area (Å²) in [5.74, 6) is 0.588. The molecular formula is C21H40IN5O4. The number of nitrogens with one attached hydrogen (secondary N) is 2. The van der Waals surface area contributed by atoms with Crippen molar-refractivity contribution in [2.75, 3.05) is 32.7 Å². The lowest BCUT2D eigenvalue weighted by Gasteiger charge is -2.35. The van der Waals surface area contributed by atoms with Gasteiger partial charge >= 0.3 is 6.09 Å². The van der Waals surface area contributed by atoms with Crippen LogP contribution in [-0.4, -0.2) is 84.0 Å². The van der Waals surface area contributed by atoms with Crippen LogP contribution in [0, 0.1) is 0 Å². The average Bonchev–Trinajstić information content (AvgIpc) is 3.21. The SMILES string of the molecule is CCNC(=NCC(=O)N1CCCC1)NCC1C(C)OC(C)(C)N1C(=O)OC(C)(C)C.I. The molecule has 180 valence electrons. The van der Waals surface area contributed by atoms with E-state index in [1.54, 1.807) is 4.90 Å². The van der Waals surface area contributed by atoms with E-state index in [1.807, 2.05) is 53.4 Å². The molecule has 2 aliphatic rings. The fourth-order valence-corrected chi connectivity index (χ4v) is 3.88. The van der Waals surface area contributed by atoms with Crippen molar-refractivity contribution in [2.45, 2.75) is 84.8 Å². The predicted molar refractivity (Wildman–Crippen MR) is 132 cm³/mol. The van der Waals surface area contributed by atoms with Crippen molar-refractivity contribution in [1.82, 2.24) is 20.4 Å². The highest BCUT2D eigenvalue weighted by atomic mass is 127. The van der Waals surface area contributed by atoms with Crippen molar-refractivity contribution in [3.63, 3.8) is 0 Å². The largest absolute Gasteiger partial charge is 0.444 e. The van der Waals surface area contributed by atoms with Crippen molar-refractivity contribution in [2.24, 2.45) is 4.99 Å². The number of likely N-dealkylation sites (tertiary alicyclic amines) is 1. The Hall–Kier alpha value is -1.30. The Morgan fingerprint density at radius 2 is 1.81 bits per heavy atom. The molecule has 10 heteroatoms. The highest BCUT2D eigenvalue weighted by molar-refractivity contribution is 14.0. The van der Waals surface area contributed by atoms with Gasteiger partial charge < -0.3 is 25.0 Å². The van der Waals surface area contributed by atoms with E-state index in [1.165, 1.54) is 0 Å². The quantitative estimate of drug-likeness (QED) is 0.309. The Bertz CT molecular complexity index is 644. The molecule has 2 fully saturated rings. The molecule has 0 spiro atoms. The second-order valence-electron chi connectivity index (χ2n) is 9.35. The number of rotatable bonds is 5. The first-order valence-corrected chi connectivity index (χ1v) is 10.9. The summed E-state index contributed by atoms with van der Waals surface area (Å²) in [7, 11) is 0. The summed E-state index contributed by atoms with van der Waals surface area (Å²) in [4.78, 5) is 33.1. The third-order valence-electron chi connectivity index (χ3n) is 5.17. The molecule has 2 saturated heterocycles. The van der Waals surface area contributed by atoms with Crippen LogP contribution in [0.3, 0.4) is 0 Å². The monoisotopic (exact) mass is 553 g/mol. The maximum absolute atomic E-state index is 12.9. The fraction of sp³-hybridized carbons (Fsp3) is 0.857. The molecule has 2 aliphatic heterocycles. The number of hydrogen-bond acceptors (Lipinski definition) is 5. The van der Waals surface area contributed by atoms with Gasteiger partial charge in [-0.15, -0.1) is 24.0 Å². The number of guanidine groups is 1. The number of ether oxygens (including phenoxy) is 2. The maximum atomic E-state index is 12.9. The summed E-state index contributed by atoms with van der Waals surface area (Å²) in [5.41, 5.74) is -1.38. The smallest absolute Gasteiger partial charge is 0.412 e. The molecule has 2 amide bonds. The van der Waals surface area contributed by atoms with Crippen molar-refractivity contribution in [3.05, 3.63) is 0 Å². The van der Waals surface area contributed by atoms with Gasteiger partial charge in [0, 0.05) is 26.2 Å². The second-order valence-corrected chi connectivity index (χ2v) is 9.35. The third kappa shape index (κ3) is 7.96. The van der Waals surface area contributed by atoms with Crippen molar-refractivity contribution in [1.29, 1.82) is 0 Å². The summed E-state index contributed by atoms with van der Waals surface area (Å²) in [6, 6.07) is -0.243. The summed E-state index contributed by atoms with van der Waals surface area (Å²) >= 11 is 0. The minimum Gasteiger partial charge on any atom is -0.444 e. The van der Waals surface area contributed by atoms with Crippen LogP contribution in [0.1, 0.15) is 61.3 Å². The average molecular weight is 553 g/mol. The zero-order chi connectivity index (χ0) is 22.5. The maximum Gasteiger partial charge on any atom is 0.412 e. The molecule has 2 N–H and O–H groups in total. The van der Waals surface area contributed by atoms with Crippen molar-refractivity contribution < 1.29 is 19.1 Å². The molecule has 0 aromatic heterocycles. The topological polar surface area (TPSA) is 95.5 Å². The Kier molecular flexibility index (Phi) is 10.3. The number of halogens is 1. The summed E-state index contributed by atoms with van der Waals surface area (Å²) < 4.78 is 11.6. The molecule has 2 rings (SSSR count). The van der Waals surface area contributed by atoms with Crippen LogP contribution in [-0.2, 0) is 14.3 Å². The van der Waals surface area contributed by atoms with Crippen LogP contribution in [0.5, 0.6) is 0 Å². The van der Waals surface area contributed by atoms with Gasteiger partial charge in [-0.1, -0.05) is 0 Å². The van der Waals surface area contributed by atoms with Crippen LogP contribution in [0.4, 0.5) is 4.79 Å². The Balaban J connectivity index is 0.00000480. The van der Waals surface area contributed by atoms with Crippen LogP contribution in [0.25, 0.3) is 0 Å². The first-order valence-electron chi connectivity index (χ1n) is 10.9. The molecule has 0 bridgehead atoms. The van der Waals surface area contributed by atoms with Gasteiger partial charge in [0.2, 0.25) is 5.91 Å². The standard InChI is InChI=1S/C21H39N5O4.HI/c1-8-22-18(24-14-17(27)25-11-9-10-12-25)23-13-16-15(2)29-21(6,7)26(16)19(28)30-20(3,4)5;/h15-16H,8-14H2,1-7H3,(H2,22,23,24);1H. The zero-order valence-electron chi connectivity index (χ0n) is 20.0. The molecule has 2 unspecified atom stereocenters. The third-order valence-corrected chi connectivity index (χ3v) is 5.17. The van der Waals surface area contributed by atoms with Gasteiger partial charge in [-0.2, -0.15) is 0 Å². The summed E-state index contributed by atoms with van der Waals surface area (Å²) in [5, 5.41) is 6.43. The molecule has 9 nitrogen and oxygen atoms in total. The lowest BCUT2D eigenvalue weighted by molar-refractivity contribution is -0.128. The number of hydrogen-bond donors (Lipinski definition) is 2. The Labute approximate surface area is 203 Å². The molecule has 0 radical (unpaired) electrons.